The molecule has 30 heavy (non-hydrogen) atoms. The number of hydrogen-bond donors (Lipinski definition) is 2. The number of hydrogen-bond acceptors (Lipinski definition) is 4. The SMILES string of the molecule is CCCCCN1CCC(CCOc2ccc(C(F)(F)F)cc2)CC1.O=C(O)C(=O)O. The van der Waals surface area contributed by atoms with Crippen molar-refractivity contribution in [1.29, 1.82) is 0 Å². The number of benzene rings is 1. The molecule has 1 heterocycles. The molecule has 2 N–H and O–H groups in total. The van der Waals surface area contributed by atoms with E-state index < -0.39 is 23.7 Å². The minimum absolute atomic E-state index is 0.514. The van der Waals surface area contributed by atoms with Crippen LogP contribution in [0.2, 0.25) is 0 Å². The number of carbonyl (C=O) groups is 2. The summed E-state index contributed by atoms with van der Waals surface area (Å²) in [5.41, 5.74) is -0.634. The molecular formula is C21H30F3NO5. The Balaban J connectivity index is 0.000000656. The van der Waals surface area contributed by atoms with Crippen LogP contribution in [-0.4, -0.2) is 53.3 Å². The topological polar surface area (TPSA) is 87.1 Å². The molecule has 9 heteroatoms. The van der Waals surface area contributed by atoms with E-state index in [9.17, 15) is 13.2 Å². The highest BCUT2D eigenvalue weighted by molar-refractivity contribution is 6.27. The van der Waals surface area contributed by atoms with Gasteiger partial charge in [0.25, 0.3) is 0 Å². The van der Waals surface area contributed by atoms with Crippen molar-refractivity contribution in [3.63, 3.8) is 0 Å². The van der Waals surface area contributed by atoms with Crippen molar-refractivity contribution in [3.8, 4) is 5.75 Å². The third-order valence-corrected chi connectivity index (χ3v) is 4.94. The lowest BCUT2D eigenvalue weighted by Gasteiger charge is -2.31. The number of unbranched alkanes of at least 4 members (excludes halogenated alkanes) is 2. The van der Waals surface area contributed by atoms with Gasteiger partial charge in [-0.3, -0.25) is 0 Å². The Kier molecular flexibility index (Phi) is 11.2. The second-order valence-electron chi connectivity index (χ2n) is 7.26. The fourth-order valence-corrected chi connectivity index (χ4v) is 3.17. The Labute approximate surface area is 174 Å². The third-order valence-electron chi connectivity index (χ3n) is 4.94. The molecule has 2 rings (SSSR count). The minimum Gasteiger partial charge on any atom is -0.494 e. The maximum atomic E-state index is 12.5. The highest BCUT2D eigenvalue weighted by atomic mass is 19.4. The normalized spacial score (nSPS) is 15.2. The van der Waals surface area contributed by atoms with Crippen molar-refractivity contribution < 1.29 is 37.7 Å². The van der Waals surface area contributed by atoms with Crippen LogP contribution in [0.1, 0.15) is 51.0 Å². The summed E-state index contributed by atoms with van der Waals surface area (Å²) in [7, 11) is 0. The number of likely N-dealkylation sites (tertiary alicyclic amines) is 1. The van der Waals surface area contributed by atoms with Gasteiger partial charge in [0.05, 0.1) is 12.2 Å². The van der Waals surface area contributed by atoms with Crippen molar-refractivity contribution in [3.05, 3.63) is 29.8 Å². The van der Waals surface area contributed by atoms with Gasteiger partial charge in [0.15, 0.2) is 0 Å². The van der Waals surface area contributed by atoms with Crippen LogP contribution in [-0.2, 0) is 15.8 Å². The monoisotopic (exact) mass is 433 g/mol. The highest BCUT2D eigenvalue weighted by Gasteiger charge is 2.30. The summed E-state index contributed by atoms with van der Waals surface area (Å²) in [6.07, 6.45) is 2.94. The predicted octanol–water partition coefficient (Wildman–Crippen LogP) is 4.53. The van der Waals surface area contributed by atoms with Crippen LogP contribution < -0.4 is 4.74 Å². The fraction of sp³-hybridized carbons (Fsp3) is 0.619. The van der Waals surface area contributed by atoms with Gasteiger partial charge in [-0.2, -0.15) is 13.2 Å². The lowest BCUT2D eigenvalue weighted by molar-refractivity contribution is -0.159. The molecule has 0 unspecified atom stereocenters. The molecule has 0 saturated carbocycles. The van der Waals surface area contributed by atoms with Gasteiger partial charge in [0, 0.05) is 0 Å². The zero-order valence-corrected chi connectivity index (χ0v) is 17.2. The van der Waals surface area contributed by atoms with Gasteiger partial charge >= 0.3 is 18.1 Å². The van der Waals surface area contributed by atoms with E-state index in [1.807, 2.05) is 0 Å². The minimum atomic E-state index is -4.29. The van der Waals surface area contributed by atoms with Crippen LogP contribution in [0.15, 0.2) is 24.3 Å². The van der Waals surface area contributed by atoms with Crippen molar-refractivity contribution in [2.45, 2.75) is 51.6 Å². The standard InChI is InChI=1S/C19H28F3NO.C2H2O4/c1-2-3-4-12-23-13-9-16(10-14-23)11-15-24-18-7-5-17(6-8-18)19(20,21)22;3-1(4)2(5)6/h5-8,16H,2-4,9-15H2,1H3;(H,3,4)(H,5,6). The molecule has 6 nitrogen and oxygen atoms in total. The molecule has 1 aliphatic heterocycles. The number of halogens is 3. The van der Waals surface area contributed by atoms with Gasteiger partial charge in [-0.25, -0.2) is 9.59 Å². The summed E-state index contributed by atoms with van der Waals surface area (Å²) >= 11 is 0. The van der Waals surface area contributed by atoms with Gasteiger partial charge in [0.1, 0.15) is 5.75 Å². The van der Waals surface area contributed by atoms with E-state index in [0.717, 1.165) is 31.6 Å². The molecule has 0 aromatic heterocycles. The van der Waals surface area contributed by atoms with Crippen LogP contribution in [0.25, 0.3) is 0 Å². The van der Waals surface area contributed by atoms with Crippen molar-refractivity contribution >= 4 is 11.9 Å². The summed E-state index contributed by atoms with van der Waals surface area (Å²) in [5, 5.41) is 14.8. The molecule has 1 saturated heterocycles. The molecule has 1 aromatic carbocycles. The zero-order chi connectivity index (χ0) is 22.6. The van der Waals surface area contributed by atoms with E-state index in [-0.39, 0.29) is 0 Å². The average molecular weight is 433 g/mol. The summed E-state index contributed by atoms with van der Waals surface area (Å²) in [6, 6.07) is 4.95. The van der Waals surface area contributed by atoms with Crippen LogP contribution in [0, 0.1) is 5.92 Å². The largest absolute Gasteiger partial charge is 0.494 e. The number of piperidine rings is 1. The molecule has 0 radical (unpaired) electrons. The second kappa shape index (κ2) is 13.1. The first-order valence-electron chi connectivity index (χ1n) is 10.1. The van der Waals surface area contributed by atoms with Crippen molar-refractivity contribution in [1.82, 2.24) is 4.90 Å². The third kappa shape index (κ3) is 10.5. The van der Waals surface area contributed by atoms with E-state index >= 15 is 0 Å². The highest BCUT2D eigenvalue weighted by Crippen LogP contribution is 2.30. The summed E-state index contributed by atoms with van der Waals surface area (Å²) in [6.45, 7) is 6.33. The summed E-state index contributed by atoms with van der Waals surface area (Å²) in [5.74, 6) is -2.47. The molecule has 1 fully saturated rings. The number of nitrogens with zero attached hydrogens (tertiary/aromatic N) is 1. The average Bonchev–Trinajstić information content (AvgIpc) is 2.69. The Morgan fingerprint density at radius 2 is 1.63 bits per heavy atom. The fourth-order valence-electron chi connectivity index (χ4n) is 3.17. The van der Waals surface area contributed by atoms with E-state index in [1.165, 1.54) is 50.8 Å². The number of rotatable bonds is 8. The first kappa shape index (κ1) is 25.7. The number of ether oxygens (including phenoxy) is 1. The second-order valence-corrected chi connectivity index (χ2v) is 7.26. The molecular weight excluding hydrogens is 403 g/mol. The molecule has 0 bridgehead atoms. The van der Waals surface area contributed by atoms with Gasteiger partial charge in [-0.05, 0) is 75.5 Å². The molecule has 0 spiro atoms. The van der Waals surface area contributed by atoms with Gasteiger partial charge in [-0.15, -0.1) is 0 Å². The summed E-state index contributed by atoms with van der Waals surface area (Å²) < 4.78 is 43.1. The van der Waals surface area contributed by atoms with Gasteiger partial charge < -0.3 is 19.8 Å². The molecule has 0 aliphatic carbocycles. The molecule has 0 atom stereocenters. The lowest BCUT2D eigenvalue weighted by Crippen LogP contribution is -2.34. The van der Waals surface area contributed by atoms with Crippen LogP contribution in [0.4, 0.5) is 13.2 Å². The molecule has 0 amide bonds. The first-order chi connectivity index (χ1) is 14.1. The van der Waals surface area contributed by atoms with Crippen LogP contribution in [0.3, 0.4) is 0 Å². The predicted molar refractivity (Wildman–Crippen MR) is 106 cm³/mol. The molecule has 1 aromatic rings. The lowest BCUT2D eigenvalue weighted by atomic mass is 9.94. The number of alkyl halides is 3. The quantitative estimate of drug-likeness (QED) is 0.463. The van der Waals surface area contributed by atoms with Crippen molar-refractivity contribution in [2.75, 3.05) is 26.2 Å². The first-order valence-corrected chi connectivity index (χ1v) is 10.1. The number of carboxylic acid groups (broad SMARTS) is 2. The maximum absolute atomic E-state index is 12.5. The summed E-state index contributed by atoms with van der Waals surface area (Å²) in [4.78, 5) is 20.7. The molecule has 1 aliphatic rings. The Hall–Kier alpha value is -2.29. The smallest absolute Gasteiger partial charge is 0.416 e. The van der Waals surface area contributed by atoms with Crippen molar-refractivity contribution in [2.24, 2.45) is 5.92 Å². The Morgan fingerprint density at radius 3 is 2.10 bits per heavy atom. The van der Waals surface area contributed by atoms with Gasteiger partial charge in [0.2, 0.25) is 0 Å². The van der Waals surface area contributed by atoms with E-state index in [4.69, 9.17) is 24.5 Å². The Morgan fingerprint density at radius 1 is 1.07 bits per heavy atom. The number of carboxylic acids is 2. The van der Waals surface area contributed by atoms with E-state index in [2.05, 4.69) is 11.8 Å². The number of aliphatic carboxylic acids is 2. The maximum Gasteiger partial charge on any atom is 0.416 e. The van der Waals surface area contributed by atoms with Crippen LogP contribution >= 0.6 is 0 Å². The van der Waals surface area contributed by atoms with E-state index in [1.54, 1.807) is 0 Å². The zero-order valence-electron chi connectivity index (χ0n) is 17.2. The van der Waals surface area contributed by atoms with E-state index in [0.29, 0.717) is 18.3 Å². The van der Waals surface area contributed by atoms with Gasteiger partial charge in [-0.1, -0.05) is 19.8 Å². The molecule has 170 valence electrons. The Bertz CT molecular complexity index is 629. The van der Waals surface area contributed by atoms with Crippen LogP contribution in [0.5, 0.6) is 5.75 Å².